The molecule has 0 aliphatic heterocycles. The van der Waals surface area contributed by atoms with Crippen molar-refractivity contribution in [3.05, 3.63) is 21.9 Å². The fourth-order valence-corrected chi connectivity index (χ4v) is 3.20. The highest BCUT2D eigenvalue weighted by Gasteiger charge is 2.29. The number of Topliss-reactive ketones (excluding diaryl/α,β-unsaturated/α-hetero) is 1. The molecule has 0 saturated heterocycles. The largest absolute Gasteiger partial charge is 0.293 e. The number of hydrogen-bond donors (Lipinski definition) is 0. The molecule has 1 fully saturated rings. The van der Waals surface area contributed by atoms with Crippen molar-refractivity contribution in [3.63, 3.8) is 0 Å². The van der Waals surface area contributed by atoms with E-state index < -0.39 is 0 Å². The highest BCUT2D eigenvalue weighted by Crippen LogP contribution is 2.34. The van der Waals surface area contributed by atoms with Crippen LogP contribution in [-0.2, 0) is 0 Å². The van der Waals surface area contributed by atoms with Gasteiger partial charge in [0.05, 0.1) is 4.88 Å². The molecule has 1 aliphatic carbocycles. The molecule has 2 atom stereocenters. The van der Waals surface area contributed by atoms with Crippen LogP contribution in [0.5, 0.6) is 0 Å². The van der Waals surface area contributed by atoms with E-state index in [-0.39, 0.29) is 0 Å². The van der Waals surface area contributed by atoms with Crippen molar-refractivity contribution in [2.24, 2.45) is 11.8 Å². The zero-order valence-corrected chi connectivity index (χ0v) is 9.56. The highest BCUT2D eigenvalue weighted by atomic mass is 32.1. The Hall–Kier alpha value is -0.630. The van der Waals surface area contributed by atoms with E-state index in [1.54, 1.807) is 11.3 Å². The molecule has 0 radical (unpaired) electrons. The molecule has 2 rings (SSSR count). The molecule has 2 unspecified atom stereocenters. The van der Waals surface area contributed by atoms with Crippen LogP contribution in [0.2, 0.25) is 0 Å². The normalized spacial score (nSPS) is 26.7. The Labute approximate surface area is 89.1 Å². The third-order valence-corrected chi connectivity index (χ3v) is 4.18. The molecule has 14 heavy (non-hydrogen) atoms. The lowest BCUT2D eigenvalue weighted by molar-refractivity contribution is 0.0924. The van der Waals surface area contributed by atoms with Crippen LogP contribution in [0.3, 0.4) is 0 Å². The Balaban J connectivity index is 2.13. The van der Waals surface area contributed by atoms with Crippen LogP contribution in [0.15, 0.2) is 11.4 Å². The fraction of sp³-hybridized carbons (Fsp3) is 0.583. The summed E-state index contributed by atoms with van der Waals surface area (Å²) in [7, 11) is 0. The first-order valence-electron chi connectivity index (χ1n) is 5.26. The van der Waals surface area contributed by atoms with Crippen molar-refractivity contribution >= 4 is 17.1 Å². The molecule has 0 spiro atoms. The lowest BCUT2D eigenvalue weighted by atomic mass is 9.98. The predicted molar refractivity (Wildman–Crippen MR) is 59.9 cm³/mol. The van der Waals surface area contributed by atoms with Crippen molar-refractivity contribution in [2.75, 3.05) is 0 Å². The summed E-state index contributed by atoms with van der Waals surface area (Å²) in [6.07, 6.45) is 3.41. The maximum atomic E-state index is 12.1. The second kappa shape index (κ2) is 3.85. The van der Waals surface area contributed by atoms with Gasteiger partial charge in [-0.25, -0.2) is 0 Å². The summed E-state index contributed by atoms with van der Waals surface area (Å²) in [5.74, 6) is 1.44. The molecule has 1 aromatic heterocycles. The van der Waals surface area contributed by atoms with Gasteiger partial charge in [-0.1, -0.05) is 6.92 Å². The van der Waals surface area contributed by atoms with E-state index in [1.807, 2.05) is 18.4 Å². The number of thiophene rings is 1. The Bertz CT molecular complexity index is 340. The van der Waals surface area contributed by atoms with Gasteiger partial charge in [0.2, 0.25) is 0 Å². The summed E-state index contributed by atoms with van der Waals surface area (Å²) in [6.45, 7) is 4.27. The molecule has 0 N–H and O–H groups in total. The first kappa shape index (κ1) is 9.91. The summed E-state index contributed by atoms with van der Waals surface area (Å²) >= 11 is 1.60. The van der Waals surface area contributed by atoms with Crippen LogP contribution in [0.1, 0.15) is 41.4 Å². The summed E-state index contributed by atoms with van der Waals surface area (Å²) in [5, 5.41) is 2.01. The number of carbonyl (C=O) groups excluding carboxylic acids is 1. The highest BCUT2D eigenvalue weighted by molar-refractivity contribution is 7.12. The van der Waals surface area contributed by atoms with Gasteiger partial charge >= 0.3 is 0 Å². The summed E-state index contributed by atoms with van der Waals surface area (Å²) < 4.78 is 0. The number of hydrogen-bond acceptors (Lipinski definition) is 2. The number of aryl methyl sites for hydroxylation is 1. The molecule has 76 valence electrons. The van der Waals surface area contributed by atoms with Gasteiger partial charge in [0.1, 0.15) is 0 Å². The Morgan fingerprint density at radius 3 is 2.79 bits per heavy atom. The van der Waals surface area contributed by atoms with E-state index in [2.05, 4.69) is 6.92 Å². The molecule has 1 nitrogen and oxygen atoms in total. The SMILES string of the molecule is Cc1ccsc1C(=O)C1CCC(C)C1. The van der Waals surface area contributed by atoms with Gasteiger partial charge in [0, 0.05) is 5.92 Å². The van der Waals surface area contributed by atoms with Crippen LogP contribution < -0.4 is 0 Å². The lowest BCUT2D eigenvalue weighted by Crippen LogP contribution is -2.10. The van der Waals surface area contributed by atoms with Gasteiger partial charge in [0.15, 0.2) is 5.78 Å². The maximum absolute atomic E-state index is 12.1. The molecular formula is C12H16OS. The summed E-state index contributed by atoms with van der Waals surface area (Å²) in [4.78, 5) is 13.1. The van der Waals surface area contributed by atoms with Crippen molar-refractivity contribution in [2.45, 2.75) is 33.1 Å². The fourth-order valence-electron chi connectivity index (χ4n) is 2.26. The van der Waals surface area contributed by atoms with Crippen LogP contribution in [-0.4, -0.2) is 5.78 Å². The third-order valence-electron chi connectivity index (χ3n) is 3.15. The maximum Gasteiger partial charge on any atom is 0.176 e. The van der Waals surface area contributed by atoms with E-state index in [0.29, 0.717) is 11.7 Å². The van der Waals surface area contributed by atoms with E-state index in [0.717, 1.165) is 29.2 Å². The Morgan fingerprint density at radius 2 is 2.29 bits per heavy atom. The molecule has 1 aromatic rings. The van der Waals surface area contributed by atoms with E-state index in [4.69, 9.17) is 0 Å². The minimum Gasteiger partial charge on any atom is -0.293 e. The predicted octanol–water partition coefficient (Wildman–Crippen LogP) is 3.68. The second-order valence-electron chi connectivity index (χ2n) is 4.41. The summed E-state index contributed by atoms with van der Waals surface area (Å²) in [6, 6.07) is 2.04. The van der Waals surface area contributed by atoms with Gasteiger partial charge in [-0.3, -0.25) is 4.79 Å². The molecule has 1 heterocycles. The molecule has 2 heteroatoms. The zero-order chi connectivity index (χ0) is 10.1. The van der Waals surface area contributed by atoms with Crippen LogP contribution in [0.25, 0.3) is 0 Å². The number of rotatable bonds is 2. The molecular weight excluding hydrogens is 192 g/mol. The van der Waals surface area contributed by atoms with Crippen LogP contribution in [0, 0.1) is 18.8 Å². The first-order chi connectivity index (χ1) is 6.68. The minimum atomic E-state index is 0.308. The number of ketones is 1. The van der Waals surface area contributed by atoms with E-state index >= 15 is 0 Å². The van der Waals surface area contributed by atoms with Gasteiger partial charge in [-0.2, -0.15) is 0 Å². The molecule has 1 aliphatic rings. The standard InChI is InChI=1S/C12H16OS/c1-8-3-4-10(7-8)11(13)12-9(2)5-6-14-12/h5-6,8,10H,3-4,7H2,1-2H3. The Kier molecular flexibility index (Phi) is 2.73. The van der Waals surface area contributed by atoms with Gasteiger partial charge in [-0.05, 0) is 49.1 Å². The summed E-state index contributed by atoms with van der Waals surface area (Å²) in [5.41, 5.74) is 1.15. The van der Waals surface area contributed by atoms with Crippen molar-refractivity contribution in [1.29, 1.82) is 0 Å². The smallest absolute Gasteiger partial charge is 0.176 e. The zero-order valence-electron chi connectivity index (χ0n) is 8.75. The first-order valence-corrected chi connectivity index (χ1v) is 6.14. The monoisotopic (exact) mass is 208 g/mol. The molecule has 1 saturated carbocycles. The second-order valence-corrected chi connectivity index (χ2v) is 5.33. The quantitative estimate of drug-likeness (QED) is 0.678. The van der Waals surface area contributed by atoms with Gasteiger partial charge in [0.25, 0.3) is 0 Å². The minimum absolute atomic E-state index is 0.308. The topological polar surface area (TPSA) is 17.1 Å². The van der Waals surface area contributed by atoms with E-state index in [1.165, 1.54) is 6.42 Å². The van der Waals surface area contributed by atoms with Crippen LogP contribution >= 0.6 is 11.3 Å². The average Bonchev–Trinajstić information content (AvgIpc) is 2.73. The van der Waals surface area contributed by atoms with Crippen molar-refractivity contribution in [3.8, 4) is 0 Å². The van der Waals surface area contributed by atoms with Crippen molar-refractivity contribution < 1.29 is 4.79 Å². The van der Waals surface area contributed by atoms with Crippen LogP contribution in [0.4, 0.5) is 0 Å². The number of carbonyl (C=O) groups is 1. The van der Waals surface area contributed by atoms with Crippen molar-refractivity contribution in [1.82, 2.24) is 0 Å². The van der Waals surface area contributed by atoms with E-state index in [9.17, 15) is 4.79 Å². The molecule has 0 aromatic carbocycles. The molecule has 0 amide bonds. The van der Waals surface area contributed by atoms with Gasteiger partial charge < -0.3 is 0 Å². The molecule has 0 bridgehead atoms. The Morgan fingerprint density at radius 1 is 1.50 bits per heavy atom. The average molecular weight is 208 g/mol. The van der Waals surface area contributed by atoms with Gasteiger partial charge in [-0.15, -0.1) is 11.3 Å². The third kappa shape index (κ3) is 1.76. The lowest BCUT2D eigenvalue weighted by Gasteiger charge is -2.07.